The van der Waals surface area contributed by atoms with Gasteiger partial charge in [0.1, 0.15) is 0 Å². The summed E-state index contributed by atoms with van der Waals surface area (Å²) in [6, 6.07) is 6.44. The summed E-state index contributed by atoms with van der Waals surface area (Å²) in [6.45, 7) is 7.60. The van der Waals surface area contributed by atoms with Crippen molar-refractivity contribution in [2.24, 2.45) is 0 Å². The van der Waals surface area contributed by atoms with Gasteiger partial charge in [0.05, 0.1) is 19.6 Å². The van der Waals surface area contributed by atoms with Gasteiger partial charge in [-0.15, -0.1) is 0 Å². The van der Waals surface area contributed by atoms with Gasteiger partial charge in [0.2, 0.25) is 0 Å². The highest BCUT2D eigenvalue weighted by Crippen LogP contribution is 2.32. The second-order valence-electron chi connectivity index (χ2n) is 6.10. The number of ether oxygens (including phenoxy) is 1. The average molecular weight is 332 g/mol. The van der Waals surface area contributed by atoms with Gasteiger partial charge < -0.3 is 15.6 Å². The smallest absolute Gasteiger partial charge is 0.307 e. The molecule has 0 radical (unpaired) electrons. The molecule has 2 rings (SSSR count). The molecule has 1 saturated heterocycles. The summed E-state index contributed by atoms with van der Waals surface area (Å²) in [4.78, 5) is 13.2. The molecule has 5 heteroatoms. The molecule has 1 aliphatic heterocycles. The number of hydrogen-bond donors (Lipinski definition) is 2. The van der Waals surface area contributed by atoms with Crippen molar-refractivity contribution in [1.29, 1.82) is 0 Å². The van der Waals surface area contributed by atoms with Crippen LogP contribution in [-0.2, 0) is 9.53 Å². The van der Waals surface area contributed by atoms with E-state index in [-0.39, 0.29) is 6.42 Å². The van der Waals surface area contributed by atoms with Crippen molar-refractivity contribution in [2.45, 2.75) is 39.2 Å². The molecular weight excluding hydrogens is 304 g/mol. The SMILES string of the molecule is CCC(=CCC(=O)O)c1ccc([C@@H](CC)N2CCOCC2)c(N)c1. The van der Waals surface area contributed by atoms with E-state index < -0.39 is 5.97 Å². The van der Waals surface area contributed by atoms with Gasteiger partial charge in [-0.2, -0.15) is 0 Å². The summed E-state index contributed by atoms with van der Waals surface area (Å²) in [5.41, 5.74) is 10.3. The predicted octanol–water partition coefficient (Wildman–Crippen LogP) is 3.32. The number of aliphatic carboxylic acids is 1. The van der Waals surface area contributed by atoms with Crippen LogP contribution in [0, 0.1) is 0 Å². The lowest BCUT2D eigenvalue weighted by atomic mass is 9.95. The molecule has 0 aromatic heterocycles. The number of allylic oxidation sites excluding steroid dienone is 1. The van der Waals surface area contributed by atoms with Crippen molar-refractivity contribution in [3.8, 4) is 0 Å². The third-order valence-electron chi connectivity index (χ3n) is 4.59. The number of rotatable bonds is 7. The topological polar surface area (TPSA) is 75.8 Å². The van der Waals surface area contributed by atoms with Crippen LogP contribution in [-0.4, -0.2) is 42.3 Å². The Bertz CT molecular complexity index is 592. The van der Waals surface area contributed by atoms with E-state index in [1.54, 1.807) is 6.08 Å². The van der Waals surface area contributed by atoms with Gasteiger partial charge in [0.15, 0.2) is 0 Å². The van der Waals surface area contributed by atoms with Crippen molar-refractivity contribution < 1.29 is 14.6 Å². The molecule has 132 valence electrons. The van der Waals surface area contributed by atoms with E-state index in [2.05, 4.69) is 24.0 Å². The normalized spacial score (nSPS) is 17.7. The molecule has 24 heavy (non-hydrogen) atoms. The molecule has 5 nitrogen and oxygen atoms in total. The van der Waals surface area contributed by atoms with Crippen molar-refractivity contribution in [3.63, 3.8) is 0 Å². The predicted molar refractivity (Wildman–Crippen MR) is 96.8 cm³/mol. The van der Waals surface area contributed by atoms with Gasteiger partial charge in [0.25, 0.3) is 0 Å². The van der Waals surface area contributed by atoms with Crippen LogP contribution in [0.1, 0.15) is 50.3 Å². The number of morpholine rings is 1. The number of nitrogens with two attached hydrogens (primary N) is 1. The zero-order chi connectivity index (χ0) is 17.5. The maximum atomic E-state index is 10.8. The third kappa shape index (κ3) is 4.58. The van der Waals surface area contributed by atoms with Crippen LogP contribution in [0.4, 0.5) is 5.69 Å². The first-order chi connectivity index (χ1) is 11.6. The number of nitrogen functional groups attached to an aromatic ring is 1. The van der Waals surface area contributed by atoms with E-state index in [9.17, 15) is 4.79 Å². The highest BCUT2D eigenvalue weighted by atomic mass is 16.5. The summed E-state index contributed by atoms with van der Waals surface area (Å²) in [6.07, 6.45) is 3.60. The zero-order valence-electron chi connectivity index (χ0n) is 14.6. The third-order valence-corrected chi connectivity index (χ3v) is 4.59. The maximum absolute atomic E-state index is 10.8. The maximum Gasteiger partial charge on any atom is 0.307 e. The lowest BCUT2D eigenvalue weighted by molar-refractivity contribution is -0.135. The number of carboxylic acid groups (broad SMARTS) is 1. The molecule has 0 aliphatic carbocycles. The quantitative estimate of drug-likeness (QED) is 0.749. The summed E-state index contributed by atoms with van der Waals surface area (Å²) < 4.78 is 5.44. The summed E-state index contributed by atoms with van der Waals surface area (Å²) in [7, 11) is 0. The second kappa shape index (κ2) is 8.85. The lowest BCUT2D eigenvalue weighted by Gasteiger charge is -2.35. The van der Waals surface area contributed by atoms with Gasteiger partial charge in [-0.25, -0.2) is 0 Å². The van der Waals surface area contributed by atoms with E-state index in [1.165, 1.54) is 0 Å². The highest BCUT2D eigenvalue weighted by molar-refractivity contribution is 5.75. The Kier molecular flexibility index (Phi) is 6.82. The summed E-state index contributed by atoms with van der Waals surface area (Å²) in [5.74, 6) is -0.816. The van der Waals surface area contributed by atoms with Crippen molar-refractivity contribution in [3.05, 3.63) is 35.4 Å². The largest absolute Gasteiger partial charge is 0.481 e. The van der Waals surface area contributed by atoms with E-state index in [4.69, 9.17) is 15.6 Å². The Labute approximate surface area is 144 Å². The van der Waals surface area contributed by atoms with E-state index in [1.807, 2.05) is 13.0 Å². The average Bonchev–Trinajstić information content (AvgIpc) is 2.58. The fraction of sp³-hybridized carbons (Fsp3) is 0.526. The minimum Gasteiger partial charge on any atom is -0.481 e. The lowest BCUT2D eigenvalue weighted by Crippen LogP contribution is -2.39. The van der Waals surface area contributed by atoms with Gasteiger partial charge >= 0.3 is 5.97 Å². The Morgan fingerprint density at radius 3 is 2.62 bits per heavy atom. The number of hydrogen-bond acceptors (Lipinski definition) is 4. The number of nitrogens with zero attached hydrogens (tertiary/aromatic N) is 1. The van der Waals surface area contributed by atoms with Gasteiger partial charge in [-0.3, -0.25) is 9.69 Å². The molecule has 1 atom stereocenters. The number of anilines is 1. The number of carbonyl (C=O) groups is 1. The van der Waals surface area contributed by atoms with Crippen LogP contribution in [0.15, 0.2) is 24.3 Å². The fourth-order valence-electron chi connectivity index (χ4n) is 3.32. The minimum atomic E-state index is -0.816. The van der Waals surface area contributed by atoms with E-state index >= 15 is 0 Å². The van der Waals surface area contributed by atoms with Crippen LogP contribution in [0.5, 0.6) is 0 Å². The molecule has 0 spiro atoms. The van der Waals surface area contributed by atoms with Crippen molar-refractivity contribution >= 4 is 17.2 Å². The minimum absolute atomic E-state index is 0.0379. The van der Waals surface area contributed by atoms with Gasteiger partial charge in [0, 0.05) is 24.8 Å². The van der Waals surface area contributed by atoms with Crippen molar-refractivity contribution in [2.75, 3.05) is 32.0 Å². The van der Waals surface area contributed by atoms with Crippen LogP contribution < -0.4 is 5.73 Å². The van der Waals surface area contributed by atoms with Gasteiger partial charge in [-0.05, 0) is 35.6 Å². The zero-order valence-corrected chi connectivity index (χ0v) is 14.6. The van der Waals surface area contributed by atoms with Crippen LogP contribution in [0.2, 0.25) is 0 Å². The second-order valence-corrected chi connectivity index (χ2v) is 6.10. The van der Waals surface area contributed by atoms with Crippen LogP contribution in [0.3, 0.4) is 0 Å². The Hall–Kier alpha value is -1.85. The van der Waals surface area contributed by atoms with Crippen LogP contribution in [0.25, 0.3) is 5.57 Å². The Morgan fingerprint density at radius 2 is 2.08 bits per heavy atom. The fourth-order valence-corrected chi connectivity index (χ4v) is 3.32. The molecule has 3 N–H and O–H groups in total. The molecule has 0 saturated carbocycles. The molecule has 0 amide bonds. The number of carboxylic acids is 1. The van der Waals surface area contributed by atoms with Gasteiger partial charge in [-0.1, -0.05) is 32.1 Å². The van der Waals surface area contributed by atoms with Crippen LogP contribution >= 0.6 is 0 Å². The molecule has 1 fully saturated rings. The van der Waals surface area contributed by atoms with E-state index in [0.29, 0.717) is 6.04 Å². The Balaban J connectivity index is 2.24. The molecule has 0 bridgehead atoms. The number of benzene rings is 1. The monoisotopic (exact) mass is 332 g/mol. The molecule has 1 aromatic rings. The first-order valence-electron chi connectivity index (χ1n) is 8.69. The molecule has 0 unspecified atom stereocenters. The van der Waals surface area contributed by atoms with Crippen molar-refractivity contribution in [1.82, 2.24) is 4.90 Å². The Morgan fingerprint density at radius 1 is 1.38 bits per heavy atom. The first kappa shape index (κ1) is 18.5. The molecule has 1 heterocycles. The molecule has 1 aliphatic rings. The standard InChI is InChI=1S/C19H28N2O3/c1-3-14(6-8-19(22)23)15-5-7-16(17(20)13-15)18(4-2)21-9-11-24-12-10-21/h5-7,13,18H,3-4,8-12,20H2,1-2H3,(H,22,23)/t18-/m1/s1. The molecule has 1 aromatic carbocycles. The summed E-state index contributed by atoms with van der Waals surface area (Å²) in [5, 5.41) is 8.87. The molecular formula is C19H28N2O3. The first-order valence-corrected chi connectivity index (χ1v) is 8.69. The van der Waals surface area contributed by atoms with E-state index in [0.717, 1.165) is 61.5 Å². The summed E-state index contributed by atoms with van der Waals surface area (Å²) >= 11 is 0. The highest BCUT2D eigenvalue weighted by Gasteiger charge is 2.22.